The molecule has 1 saturated heterocycles. The van der Waals surface area contributed by atoms with Crippen molar-refractivity contribution in [3.05, 3.63) is 79.9 Å². The van der Waals surface area contributed by atoms with Gasteiger partial charge >= 0.3 is 12.2 Å². The molecule has 220 valence electrons. The predicted molar refractivity (Wildman–Crippen MR) is 150 cm³/mol. The zero-order valence-corrected chi connectivity index (χ0v) is 23.8. The van der Waals surface area contributed by atoms with Gasteiger partial charge in [-0.25, -0.2) is 9.59 Å². The van der Waals surface area contributed by atoms with E-state index >= 15 is 0 Å². The van der Waals surface area contributed by atoms with Gasteiger partial charge in [0.05, 0.1) is 9.85 Å². The summed E-state index contributed by atoms with van der Waals surface area (Å²) in [5.74, 6) is 0. The molecule has 0 aromatic heterocycles. The number of carbonyl (C=O) groups is 3. The van der Waals surface area contributed by atoms with Crippen LogP contribution in [0.15, 0.2) is 48.5 Å². The Balaban J connectivity index is 1.53. The zero-order valence-electron chi connectivity index (χ0n) is 23.0. The van der Waals surface area contributed by atoms with Gasteiger partial charge in [-0.2, -0.15) is 0 Å². The second kappa shape index (κ2) is 14.4. The van der Waals surface area contributed by atoms with Crippen molar-refractivity contribution in [2.45, 2.75) is 63.7 Å². The van der Waals surface area contributed by atoms with Crippen LogP contribution >= 0.6 is 11.8 Å². The van der Waals surface area contributed by atoms with Crippen molar-refractivity contribution >= 4 is 40.4 Å². The van der Waals surface area contributed by atoms with Crippen molar-refractivity contribution in [3.8, 4) is 0 Å². The molecule has 14 heteroatoms. The molecule has 13 nitrogen and oxygen atoms in total. The minimum atomic E-state index is -0.549. The minimum Gasteiger partial charge on any atom is -0.445 e. The van der Waals surface area contributed by atoms with Crippen LogP contribution in [-0.4, -0.2) is 67.9 Å². The highest BCUT2D eigenvalue weighted by atomic mass is 32.2. The van der Waals surface area contributed by atoms with Gasteiger partial charge in [-0.05, 0) is 61.6 Å². The van der Waals surface area contributed by atoms with Crippen LogP contribution in [-0.2, 0) is 27.5 Å². The highest BCUT2D eigenvalue weighted by molar-refractivity contribution is 8.14. The van der Waals surface area contributed by atoms with E-state index in [4.69, 9.17) is 9.47 Å². The van der Waals surface area contributed by atoms with Gasteiger partial charge < -0.3 is 19.3 Å². The highest BCUT2D eigenvalue weighted by Gasteiger charge is 2.37. The normalized spacial score (nSPS) is 17.0. The molecule has 0 saturated carbocycles. The average Bonchev–Trinajstić information content (AvgIpc) is 3.35. The number of nitro benzene ring substituents is 2. The molecule has 3 atom stereocenters. The molecule has 2 amide bonds. The van der Waals surface area contributed by atoms with E-state index in [2.05, 4.69) is 0 Å². The van der Waals surface area contributed by atoms with E-state index in [9.17, 15) is 34.6 Å². The molecule has 0 aliphatic carbocycles. The molecule has 1 aliphatic rings. The highest BCUT2D eigenvalue weighted by Crippen LogP contribution is 2.32. The Hall–Kier alpha value is -4.20. The average molecular weight is 589 g/mol. The smallest absolute Gasteiger partial charge is 0.410 e. The maximum atomic E-state index is 13.0. The van der Waals surface area contributed by atoms with Gasteiger partial charge in [0.25, 0.3) is 11.4 Å². The lowest BCUT2D eigenvalue weighted by molar-refractivity contribution is -0.385. The number of non-ortho nitro benzene ring substituents is 2. The number of nitro groups is 2. The molecule has 1 fully saturated rings. The largest absolute Gasteiger partial charge is 0.445 e. The topological polar surface area (TPSA) is 162 Å². The number of hydrogen-bond donors (Lipinski definition) is 0. The molecular formula is C27H32N4O9S. The number of hydrogen-bond acceptors (Lipinski definition) is 10. The minimum absolute atomic E-state index is 0.0329. The lowest BCUT2D eigenvalue weighted by atomic mass is 10.0. The van der Waals surface area contributed by atoms with Crippen molar-refractivity contribution in [1.29, 1.82) is 0 Å². The van der Waals surface area contributed by atoms with E-state index in [-0.39, 0.29) is 47.0 Å². The Bertz CT molecular complexity index is 1260. The SMILES string of the molecule is CC(=O)S[C@H]1C[C@@H](CCC(C)N(C)C(=O)OCc2ccc([N+](=O)[O-])cc2)N(C(=O)OCc2ccc([N+](=O)[O-])cc2)C1. The van der Waals surface area contributed by atoms with Crippen molar-refractivity contribution in [1.82, 2.24) is 9.80 Å². The van der Waals surface area contributed by atoms with Crippen LogP contribution in [0.4, 0.5) is 21.0 Å². The van der Waals surface area contributed by atoms with Gasteiger partial charge in [0.15, 0.2) is 5.12 Å². The summed E-state index contributed by atoms with van der Waals surface area (Å²) in [5.41, 5.74) is 1.12. The lowest BCUT2D eigenvalue weighted by Gasteiger charge is -2.28. The van der Waals surface area contributed by atoms with E-state index < -0.39 is 22.0 Å². The van der Waals surface area contributed by atoms with Crippen LogP contribution in [0.3, 0.4) is 0 Å². The molecule has 0 bridgehead atoms. The van der Waals surface area contributed by atoms with Crippen LogP contribution in [0.5, 0.6) is 0 Å². The summed E-state index contributed by atoms with van der Waals surface area (Å²) in [5, 5.41) is 21.5. The third-order valence-electron chi connectivity index (χ3n) is 6.83. The quantitative estimate of drug-likeness (QED) is 0.249. The molecule has 2 aromatic carbocycles. The third-order valence-corrected chi connectivity index (χ3v) is 7.84. The fourth-order valence-corrected chi connectivity index (χ4v) is 5.42. The second-order valence-corrected chi connectivity index (χ2v) is 11.2. The molecule has 0 spiro atoms. The second-order valence-electron chi connectivity index (χ2n) is 9.77. The first-order chi connectivity index (χ1) is 19.4. The Morgan fingerprint density at radius 3 is 1.98 bits per heavy atom. The van der Waals surface area contributed by atoms with Crippen LogP contribution < -0.4 is 0 Å². The fourth-order valence-electron chi connectivity index (χ4n) is 4.40. The van der Waals surface area contributed by atoms with Gasteiger partial charge in [0.1, 0.15) is 13.2 Å². The van der Waals surface area contributed by atoms with Gasteiger partial charge in [-0.1, -0.05) is 11.8 Å². The zero-order chi connectivity index (χ0) is 30.1. The summed E-state index contributed by atoms with van der Waals surface area (Å²) in [6, 6.07) is 11.1. The van der Waals surface area contributed by atoms with Crippen LogP contribution in [0.2, 0.25) is 0 Å². The predicted octanol–water partition coefficient (Wildman–Crippen LogP) is 5.30. The van der Waals surface area contributed by atoms with Crippen LogP contribution in [0.25, 0.3) is 0 Å². The summed E-state index contributed by atoms with van der Waals surface area (Å²) in [4.78, 5) is 61.0. The van der Waals surface area contributed by atoms with E-state index in [0.29, 0.717) is 36.9 Å². The summed E-state index contributed by atoms with van der Waals surface area (Å²) >= 11 is 1.18. The molecule has 1 heterocycles. The monoisotopic (exact) mass is 588 g/mol. The van der Waals surface area contributed by atoms with Crippen LogP contribution in [0.1, 0.15) is 44.2 Å². The molecule has 0 radical (unpaired) electrons. The number of carbonyl (C=O) groups excluding carboxylic acids is 3. The number of benzene rings is 2. The Morgan fingerprint density at radius 1 is 0.976 bits per heavy atom. The van der Waals surface area contributed by atoms with Gasteiger partial charge in [-0.3, -0.25) is 25.0 Å². The number of nitrogens with zero attached hydrogens (tertiary/aromatic N) is 4. The number of rotatable bonds is 11. The van der Waals surface area contributed by atoms with E-state index in [0.717, 1.165) is 0 Å². The summed E-state index contributed by atoms with van der Waals surface area (Å²) in [6.07, 6.45) is 0.619. The van der Waals surface area contributed by atoms with Crippen molar-refractivity contribution in [2.24, 2.45) is 0 Å². The lowest BCUT2D eigenvalue weighted by Crippen LogP contribution is -2.39. The van der Waals surface area contributed by atoms with Crippen molar-refractivity contribution in [3.63, 3.8) is 0 Å². The van der Waals surface area contributed by atoms with E-state index in [1.807, 2.05) is 6.92 Å². The summed E-state index contributed by atoms with van der Waals surface area (Å²) in [7, 11) is 1.61. The standard InChI is InChI=1S/C27H32N4O9S/c1-18(28(3)26(33)39-16-20-5-10-22(11-6-20)30(35)36)4-9-24-14-25(41-19(2)32)15-29(24)27(34)40-17-21-7-12-23(13-8-21)31(37)38/h5-8,10-13,18,24-25H,4,9,14-17H2,1-3H3/t18?,24-,25+/m1/s1. The first kappa shape index (κ1) is 31.3. The molecule has 1 aliphatic heterocycles. The molecular weight excluding hydrogens is 556 g/mol. The van der Waals surface area contributed by atoms with Crippen molar-refractivity contribution in [2.75, 3.05) is 13.6 Å². The van der Waals surface area contributed by atoms with Gasteiger partial charge in [0.2, 0.25) is 0 Å². The van der Waals surface area contributed by atoms with E-state index in [1.165, 1.54) is 72.1 Å². The number of likely N-dealkylation sites (tertiary alicyclic amines) is 1. The first-order valence-corrected chi connectivity index (χ1v) is 13.8. The Morgan fingerprint density at radius 2 is 1.49 bits per heavy atom. The maximum absolute atomic E-state index is 13.0. The fraction of sp³-hybridized carbons (Fsp3) is 0.444. The molecule has 3 rings (SSSR count). The number of ether oxygens (including phenoxy) is 2. The molecule has 2 aromatic rings. The number of thioether (sulfide) groups is 1. The van der Waals surface area contributed by atoms with Crippen molar-refractivity contribution < 1.29 is 33.7 Å². The van der Waals surface area contributed by atoms with E-state index in [1.54, 1.807) is 11.9 Å². The van der Waals surface area contributed by atoms with Gasteiger partial charge in [0, 0.05) is 62.1 Å². The van der Waals surface area contributed by atoms with Crippen LogP contribution in [0, 0.1) is 20.2 Å². The summed E-state index contributed by atoms with van der Waals surface area (Å²) < 4.78 is 10.8. The molecule has 41 heavy (non-hydrogen) atoms. The Labute approximate surface area is 241 Å². The van der Waals surface area contributed by atoms with Gasteiger partial charge in [-0.15, -0.1) is 0 Å². The first-order valence-electron chi connectivity index (χ1n) is 12.9. The third kappa shape index (κ3) is 9.17. The number of amides is 2. The Kier molecular flexibility index (Phi) is 11.0. The maximum Gasteiger partial charge on any atom is 0.410 e. The molecule has 1 unspecified atom stereocenters. The summed E-state index contributed by atoms with van der Waals surface area (Å²) in [6.45, 7) is 3.60. The molecule has 0 N–H and O–H groups in total.